The van der Waals surface area contributed by atoms with E-state index in [0.717, 1.165) is 5.56 Å². The molecule has 0 radical (unpaired) electrons. The van der Waals surface area contributed by atoms with Crippen LogP contribution in [0.1, 0.15) is 15.9 Å². The Hall–Kier alpha value is -2.31. The molecule has 3 heteroatoms. The van der Waals surface area contributed by atoms with Crippen molar-refractivity contribution in [3.05, 3.63) is 90.0 Å². The van der Waals surface area contributed by atoms with Crippen molar-refractivity contribution in [3.8, 4) is 0 Å². The number of hydrogen-bond acceptors (Lipinski definition) is 2. The van der Waals surface area contributed by atoms with Gasteiger partial charge < -0.3 is 0 Å². The van der Waals surface area contributed by atoms with E-state index in [-0.39, 0.29) is 5.97 Å². The van der Waals surface area contributed by atoms with Gasteiger partial charge >= 0.3 is 147 Å². The first-order valence-corrected chi connectivity index (χ1v) is 10.6. The summed E-state index contributed by atoms with van der Waals surface area (Å²) in [5, 5.41) is 0. The molecule has 0 saturated heterocycles. The van der Waals surface area contributed by atoms with E-state index in [1.165, 1.54) is 20.2 Å². The zero-order valence-corrected chi connectivity index (χ0v) is 15.6. The molecule has 0 heterocycles. The van der Waals surface area contributed by atoms with Gasteiger partial charge in [0.1, 0.15) is 0 Å². The van der Waals surface area contributed by atoms with Gasteiger partial charge in [0, 0.05) is 0 Å². The van der Waals surface area contributed by atoms with Crippen LogP contribution in [0.2, 0.25) is 0 Å². The van der Waals surface area contributed by atoms with Gasteiger partial charge in [-0.25, -0.2) is 0 Å². The number of hydrogen-bond donors (Lipinski definition) is 0. The van der Waals surface area contributed by atoms with Gasteiger partial charge in [-0.3, -0.25) is 0 Å². The van der Waals surface area contributed by atoms with Gasteiger partial charge in [0.2, 0.25) is 0 Å². The van der Waals surface area contributed by atoms with Crippen molar-refractivity contribution in [2.75, 3.05) is 7.11 Å². The Morgan fingerprint density at radius 2 is 1.33 bits per heavy atom. The third-order valence-electron chi connectivity index (χ3n) is 3.98. The van der Waals surface area contributed by atoms with E-state index >= 15 is 0 Å². The van der Waals surface area contributed by atoms with E-state index in [0.29, 0.717) is 5.56 Å². The Bertz CT molecular complexity index is 789. The monoisotopic (exact) mass is 378 g/mol. The van der Waals surface area contributed by atoms with Crippen LogP contribution in [0.15, 0.2) is 78.9 Å². The van der Waals surface area contributed by atoms with Gasteiger partial charge in [0.25, 0.3) is 0 Å². The maximum atomic E-state index is 12.1. The third-order valence-corrected chi connectivity index (χ3v) is 9.43. The predicted octanol–water partition coefficient (Wildman–Crippen LogP) is 2.30. The van der Waals surface area contributed by atoms with Crippen molar-refractivity contribution in [1.82, 2.24) is 0 Å². The summed E-state index contributed by atoms with van der Waals surface area (Å²) in [6.45, 7) is 2.02. The number of esters is 1. The molecule has 0 aliphatic carbocycles. The first-order valence-electron chi connectivity index (χ1n) is 7.80. The summed E-state index contributed by atoms with van der Waals surface area (Å²) in [5.41, 5.74) is 1.68. The molecule has 3 aromatic carbocycles. The fourth-order valence-corrected chi connectivity index (χ4v) is 7.99. The van der Waals surface area contributed by atoms with Crippen LogP contribution in [-0.4, -0.2) is 27.7 Å². The Kier molecular flexibility index (Phi) is 5.17. The van der Waals surface area contributed by atoms with E-state index in [4.69, 9.17) is 4.74 Å². The third kappa shape index (κ3) is 3.29. The number of carbonyl (C=O) groups is 1. The maximum absolute atomic E-state index is 12.1. The summed E-state index contributed by atoms with van der Waals surface area (Å²) in [4.78, 5) is 12.1. The van der Waals surface area contributed by atoms with E-state index in [1.54, 1.807) is 0 Å². The van der Waals surface area contributed by atoms with Gasteiger partial charge in [-0.15, -0.1) is 0 Å². The number of methoxy groups -OCH3 is 1. The topological polar surface area (TPSA) is 26.3 Å². The molecular weight excluding hydrogens is 359 g/mol. The van der Waals surface area contributed by atoms with Crippen molar-refractivity contribution in [1.29, 1.82) is 0 Å². The SMILES string of the molecule is COC(=O)c1cccc([As](c2ccccc2)c2ccccc2)c1C. The Morgan fingerprint density at radius 1 is 0.792 bits per heavy atom. The second kappa shape index (κ2) is 7.51. The Balaban J connectivity index is 2.19. The fourth-order valence-electron chi connectivity index (χ4n) is 2.78. The molecule has 0 aromatic heterocycles. The summed E-state index contributed by atoms with van der Waals surface area (Å²) in [5.74, 6) is -0.274. The molecule has 0 spiro atoms. The number of benzene rings is 3. The normalized spacial score (nSPS) is 10.6. The van der Waals surface area contributed by atoms with Crippen LogP contribution in [-0.2, 0) is 4.74 Å². The molecule has 3 aromatic rings. The van der Waals surface area contributed by atoms with Gasteiger partial charge in [-0.1, -0.05) is 0 Å². The van der Waals surface area contributed by atoms with Crippen molar-refractivity contribution < 1.29 is 9.53 Å². The van der Waals surface area contributed by atoms with Crippen LogP contribution in [0.4, 0.5) is 0 Å². The van der Waals surface area contributed by atoms with E-state index < -0.39 is 14.7 Å². The summed E-state index contributed by atoms with van der Waals surface area (Å²) in [7, 11) is 1.43. The first-order chi connectivity index (χ1) is 11.7. The minimum atomic E-state index is -1.72. The van der Waals surface area contributed by atoms with Crippen LogP contribution in [0.25, 0.3) is 0 Å². The van der Waals surface area contributed by atoms with Crippen LogP contribution in [0.5, 0.6) is 0 Å². The van der Waals surface area contributed by atoms with Crippen LogP contribution >= 0.6 is 0 Å². The quantitative estimate of drug-likeness (QED) is 0.515. The van der Waals surface area contributed by atoms with E-state index in [9.17, 15) is 4.79 Å². The van der Waals surface area contributed by atoms with E-state index in [2.05, 4.69) is 54.6 Å². The molecule has 3 rings (SSSR count). The van der Waals surface area contributed by atoms with Crippen molar-refractivity contribution >= 4 is 33.7 Å². The number of rotatable bonds is 4. The van der Waals surface area contributed by atoms with Gasteiger partial charge in [0.05, 0.1) is 0 Å². The van der Waals surface area contributed by atoms with Gasteiger partial charge in [-0.2, -0.15) is 0 Å². The zero-order chi connectivity index (χ0) is 16.9. The second-order valence-corrected chi connectivity index (χ2v) is 10.0. The molecule has 120 valence electrons. The predicted molar refractivity (Wildman–Crippen MR) is 100 cm³/mol. The van der Waals surface area contributed by atoms with Crippen molar-refractivity contribution in [2.24, 2.45) is 0 Å². The summed E-state index contributed by atoms with van der Waals surface area (Å²) < 4.78 is 8.90. The number of ether oxygens (including phenoxy) is 1. The van der Waals surface area contributed by atoms with Crippen LogP contribution in [0, 0.1) is 6.92 Å². The van der Waals surface area contributed by atoms with Gasteiger partial charge in [0.15, 0.2) is 0 Å². The molecule has 0 amide bonds. The average Bonchev–Trinajstić information content (AvgIpc) is 2.64. The van der Waals surface area contributed by atoms with Crippen molar-refractivity contribution in [2.45, 2.75) is 6.92 Å². The average molecular weight is 378 g/mol. The molecule has 0 N–H and O–H groups in total. The molecule has 2 nitrogen and oxygen atoms in total. The molecule has 0 aliphatic heterocycles. The molecule has 0 bridgehead atoms. The van der Waals surface area contributed by atoms with Crippen molar-refractivity contribution in [3.63, 3.8) is 0 Å². The molecule has 24 heavy (non-hydrogen) atoms. The molecule has 0 atom stereocenters. The van der Waals surface area contributed by atoms with Crippen LogP contribution < -0.4 is 13.1 Å². The molecular formula is C21H19AsO2. The van der Waals surface area contributed by atoms with Crippen LogP contribution in [0.3, 0.4) is 0 Å². The first kappa shape index (κ1) is 16.5. The summed E-state index contributed by atoms with van der Waals surface area (Å²) >= 11 is -1.72. The zero-order valence-electron chi connectivity index (χ0n) is 13.8. The van der Waals surface area contributed by atoms with Gasteiger partial charge in [-0.05, 0) is 0 Å². The summed E-state index contributed by atoms with van der Waals surface area (Å²) in [6, 6.07) is 27.1. The molecule has 0 aliphatic rings. The molecule has 0 saturated carbocycles. The Morgan fingerprint density at radius 3 is 1.83 bits per heavy atom. The molecule has 0 fully saturated rings. The fraction of sp³-hybridized carbons (Fsp3) is 0.0952. The Labute approximate surface area is 147 Å². The number of carbonyl (C=O) groups excluding carboxylic acids is 1. The second-order valence-electron chi connectivity index (χ2n) is 5.45. The standard InChI is InChI=1S/C21H19AsO2/c1-16-19(21(23)24-2)14-9-15-20(16)22(17-10-5-3-6-11-17)18-12-7-4-8-13-18/h3-15H,1-2H3. The van der Waals surface area contributed by atoms with E-state index in [1.807, 2.05) is 31.2 Å². The molecule has 0 unspecified atom stereocenters. The minimum absolute atomic E-state index is 0.274. The summed E-state index contributed by atoms with van der Waals surface area (Å²) in [6.07, 6.45) is 0.